The minimum Gasteiger partial charge on any atom is -0.381 e. The zero-order chi connectivity index (χ0) is 30.5. The van der Waals surface area contributed by atoms with Crippen molar-refractivity contribution in [2.45, 2.75) is 85.4 Å². The van der Waals surface area contributed by atoms with Crippen LogP contribution in [0.1, 0.15) is 65.5 Å². The maximum Gasteiger partial charge on any atom is 0.152 e. The lowest BCUT2D eigenvalue weighted by Gasteiger charge is -2.34. The molecule has 1 heterocycles. The third-order valence-corrected chi connectivity index (χ3v) is 8.58. The molecule has 1 saturated heterocycles. The first-order valence-corrected chi connectivity index (χ1v) is 15.9. The van der Waals surface area contributed by atoms with Gasteiger partial charge in [-0.05, 0) is 100 Å². The van der Waals surface area contributed by atoms with Gasteiger partial charge in [0.1, 0.15) is 0 Å². The van der Waals surface area contributed by atoms with E-state index in [1.165, 1.54) is 11.1 Å². The zero-order valence-electron chi connectivity index (χ0n) is 26.3. The molecule has 1 fully saturated rings. The number of rotatable bonds is 13. The Labute approximate surface area is 259 Å². The van der Waals surface area contributed by atoms with Gasteiger partial charge in [-0.25, -0.2) is 0 Å². The van der Waals surface area contributed by atoms with Gasteiger partial charge < -0.3 is 10.1 Å². The maximum atomic E-state index is 12.5. The molecule has 228 valence electrons. The van der Waals surface area contributed by atoms with Gasteiger partial charge in [0.05, 0.1) is 6.04 Å². The summed E-state index contributed by atoms with van der Waals surface area (Å²) in [6.07, 6.45) is 3.87. The summed E-state index contributed by atoms with van der Waals surface area (Å²) in [6, 6.07) is 16.7. The Hall–Kier alpha value is -1.69. The van der Waals surface area contributed by atoms with Crippen LogP contribution in [0.25, 0.3) is 0 Å². The number of carbonyl (C=O) groups is 1. The summed E-state index contributed by atoms with van der Waals surface area (Å²) in [7, 11) is 2.18. The smallest absolute Gasteiger partial charge is 0.152 e. The van der Waals surface area contributed by atoms with Gasteiger partial charge in [-0.1, -0.05) is 87.3 Å². The molecule has 1 aliphatic heterocycles. The molecule has 6 heteroatoms. The lowest BCUT2D eigenvalue weighted by atomic mass is 9.91. The molecule has 0 unspecified atom stereocenters. The molecule has 0 bridgehead atoms. The van der Waals surface area contributed by atoms with Crippen LogP contribution < -0.4 is 5.32 Å². The van der Waals surface area contributed by atoms with Crippen LogP contribution in [0.5, 0.6) is 0 Å². The topological polar surface area (TPSA) is 41.6 Å². The molecule has 2 aromatic rings. The molecule has 1 aliphatic rings. The van der Waals surface area contributed by atoms with Crippen molar-refractivity contribution in [1.82, 2.24) is 10.2 Å². The minimum absolute atomic E-state index is 0.0412. The van der Waals surface area contributed by atoms with Crippen molar-refractivity contribution in [1.29, 1.82) is 0 Å². The number of halogens is 2. The predicted octanol–water partition coefficient (Wildman–Crippen LogP) is 8.30. The number of ketones is 1. The number of carbonyl (C=O) groups excluding carboxylic acids is 1. The molecule has 0 radical (unpaired) electrons. The Morgan fingerprint density at radius 1 is 0.878 bits per heavy atom. The molecule has 1 N–H and O–H groups in total. The van der Waals surface area contributed by atoms with Crippen LogP contribution >= 0.6 is 23.2 Å². The summed E-state index contributed by atoms with van der Waals surface area (Å²) < 4.78 is 5.39. The standard InChI is InChI=1S/C18H26ClNO2.C17H26ClN/c1-13(2)18(21)17(11-14-3-5-16(19)6-4-14)20-12-15-7-9-22-10-8-15;1-12(2)14(5)17(19(6)13(3)4)11-15-7-9-16(18)10-8-15/h3-6,13,15,17,20H,7-12H2,1-2H3;7-10,12-13,17H,5,11H2,1-4,6H3/t2*17-/m11/s1. The number of likely N-dealkylation sites (N-methyl/N-ethyl adjacent to an activating group) is 1. The molecule has 0 aliphatic carbocycles. The van der Waals surface area contributed by atoms with Gasteiger partial charge in [0.15, 0.2) is 5.78 Å². The largest absolute Gasteiger partial charge is 0.381 e. The van der Waals surface area contributed by atoms with E-state index in [0.29, 0.717) is 23.9 Å². The Kier molecular flexibility index (Phi) is 15.7. The number of hydrogen-bond donors (Lipinski definition) is 1. The van der Waals surface area contributed by atoms with Crippen molar-refractivity contribution in [2.24, 2.45) is 17.8 Å². The van der Waals surface area contributed by atoms with Crippen molar-refractivity contribution in [3.63, 3.8) is 0 Å². The van der Waals surface area contributed by atoms with Crippen molar-refractivity contribution < 1.29 is 9.53 Å². The molecule has 2 atom stereocenters. The van der Waals surface area contributed by atoms with Gasteiger partial charge in [-0.2, -0.15) is 0 Å². The van der Waals surface area contributed by atoms with Crippen LogP contribution in [0.3, 0.4) is 0 Å². The van der Waals surface area contributed by atoms with Crippen molar-refractivity contribution in [3.05, 3.63) is 81.9 Å². The van der Waals surface area contributed by atoms with E-state index < -0.39 is 0 Å². The fraction of sp³-hybridized carbons (Fsp3) is 0.571. The van der Waals surface area contributed by atoms with Crippen LogP contribution in [0.15, 0.2) is 60.7 Å². The second kappa shape index (κ2) is 18.1. The Morgan fingerprint density at radius 3 is 1.80 bits per heavy atom. The second-order valence-corrected chi connectivity index (χ2v) is 13.1. The summed E-state index contributed by atoms with van der Waals surface area (Å²) in [5.74, 6) is 1.43. The fourth-order valence-corrected chi connectivity index (χ4v) is 5.17. The van der Waals surface area contributed by atoms with E-state index in [1.54, 1.807) is 0 Å². The zero-order valence-corrected chi connectivity index (χ0v) is 27.8. The van der Waals surface area contributed by atoms with E-state index >= 15 is 0 Å². The van der Waals surface area contributed by atoms with E-state index in [0.717, 1.165) is 61.1 Å². The van der Waals surface area contributed by atoms with Crippen LogP contribution in [0.4, 0.5) is 0 Å². The van der Waals surface area contributed by atoms with Crippen molar-refractivity contribution in [2.75, 3.05) is 26.8 Å². The highest BCUT2D eigenvalue weighted by molar-refractivity contribution is 6.30. The Morgan fingerprint density at radius 2 is 1.37 bits per heavy atom. The molecule has 3 rings (SSSR count). The number of Topliss-reactive ketones (excluding diaryl/α,β-unsaturated/α-hetero) is 1. The van der Waals surface area contributed by atoms with Gasteiger partial charge in [0.2, 0.25) is 0 Å². The van der Waals surface area contributed by atoms with Crippen molar-refractivity contribution in [3.8, 4) is 0 Å². The monoisotopic (exact) mass is 602 g/mol. The normalized spacial score (nSPS) is 15.6. The van der Waals surface area contributed by atoms with Crippen molar-refractivity contribution >= 4 is 29.0 Å². The van der Waals surface area contributed by atoms with Crippen LogP contribution in [-0.2, 0) is 22.4 Å². The van der Waals surface area contributed by atoms with Crippen LogP contribution in [0.2, 0.25) is 10.0 Å². The molecule has 0 spiro atoms. The third kappa shape index (κ3) is 12.6. The SMILES string of the molecule is C=C(C(C)C)[C@@H](Cc1ccc(Cl)cc1)N(C)C(C)C.CC(C)C(=O)[C@@H](Cc1ccc(Cl)cc1)NCC1CCOCC1. The number of nitrogens with zero attached hydrogens (tertiary/aromatic N) is 1. The molecule has 0 saturated carbocycles. The summed E-state index contributed by atoms with van der Waals surface area (Å²) in [6.45, 7) is 19.7. The molecule has 0 amide bonds. The highest BCUT2D eigenvalue weighted by atomic mass is 35.5. The van der Waals surface area contributed by atoms with Gasteiger partial charge in [0.25, 0.3) is 0 Å². The van der Waals surface area contributed by atoms with Gasteiger partial charge >= 0.3 is 0 Å². The molecule has 2 aromatic carbocycles. The van der Waals surface area contributed by atoms with Gasteiger partial charge in [-0.3, -0.25) is 9.69 Å². The Balaban J connectivity index is 0.000000290. The number of hydrogen-bond acceptors (Lipinski definition) is 4. The molecule has 0 aromatic heterocycles. The second-order valence-electron chi connectivity index (χ2n) is 12.2. The van der Waals surface area contributed by atoms with E-state index in [-0.39, 0.29) is 17.7 Å². The Bertz CT molecular complexity index is 1040. The molecule has 4 nitrogen and oxygen atoms in total. The summed E-state index contributed by atoms with van der Waals surface area (Å²) >= 11 is 11.9. The van der Waals surface area contributed by atoms with Gasteiger partial charge in [-0.15, -0.1) is 0 Å². The van der Waals surface area contributed by atoms with Crippen LogP contribution in [0, 0.1) is 17.8 Å². The first-order valence-electron chi connectivity index (χ1n) is 15.1. The highest BCUT2D eigenvalue weighted by Gasteiger charge is 2.24. The van der Waals surface area contributed by atoms with E-state index in [4.69, 9.17) is 27.9 Å². The first-order chi connectivity index (χ1) is 19.4. The summed E-state index contributed by atoms with van der Waals surface area (Å²) in [5.41, 5.74) is 3.75. The number of benzene rings is 2. The van der Waals surface area contributed by atoms with Crippen LogP contribution in [-0.4, -0.2) is 55.6 Å². The maximum absolute atomic E-state index is 12.5. The molecule has 41 heavy (non-hydrogen) atoms. The van der Waals surface area contributed by atoms with Gasteiger partial charge in [0, 0.05) is 41.3 Å². The van der Waals surface area contributed by atoms with E-state index in [1.807, 2.05) is 50.2 Å². The average molecular weight is 604 g/mol. The predicted molar refractivity (Wildman–Crippen MR) is 176 cm³/mol. The first kappa shape index (κ1) is 35.5. The summed E-state index contributed by atoms with van der Waals surface area (Å²) in [5, 5.41) is 5.01. The fourth-order valence-electron chi connectivity index (χ4n) is 4.92. The van der Waals surface area contributed by atoms with E-state index in [2.05, 4.69) is 63.7 Å². The molecular formula is C35H52Cl2N2O2. The number of ether oxygens (including phenoxy) is 1. The number of nitrogens with one attached hydrogen (secondary N) is 1. The summed E-state index contributed by atoms with van der Waals surface area (Å²) in [4.78, 5) is 14.9. The third-order valence-electron chi connectivity index (χ3n) is 8.08. The minimum atomic E-state index is -0.121. The average Bonchev–Trinajstić information content (AvgIpc) is 2.95. The van der Waals surface area contributed by atoms with E-state index in [9.17, 15) is 4.79 Å². The lowest BCUT2D eigenvalue weighted by molar-refractivity contribution is -0.124. The lowest BCUT2D eigenvalue weighted by Crippen LogP contribution is -2.43. The quantitative estimate of drug-likeness (QED) is 0.234. The molecular weight excluding hydrogens is 551 g/mol. The highest BCUT2D eigenvalue weighted by Crippen LogP contribution is 2.23.